The van der Waals surface area contributed by atoms with Gasteiger partial charge in [0.25, 0.3) is 0 Å². The first kappa shape index (κ1) is 36.4. The highest BCUT2D eigenvalue weighted by atomic mass is 32.1. The highest BCUT2D eigenvalue weighted by Gasteiger charge is 2.46. The average Bonchev–Trinajstić information content (AvgIpc) is 4.02. The van der Waals surface area contributed by atoms with Crippen molar-refractivity contribution in [1.29, 1.82) is 0 Å². The predicted molar refractivity (Wildman–Crippen MR) is 277 cm³/mol. The van der Waals surface area contributed by atoms with E-state index >= 15 is 0 Å². The largest absolute Gasteiger partial charge is 0.309 e. The van der Waals surface area contributed by atoms with Gasteiger partial charge >= 0.3 is 0 Å². The lowest BCUT2D eigenvalue weighted by Gasteiger charge is -2.34. The Morgan fingerprint density at radius 1 is 0.338 bits per heavy atom. The summed E-state index contributed by atoms with van der Waals surface area (Å²) in [6, 6.07) is 88.2. The Labute approximate surface area is 380 Å². The van der Waals surface area contributed by atoms with E-state index in [0.29, 0.717) is 0 Å². The molecule has 2 heteroatoms. The molecule has 2 aromatic heterocycles. The second-order valence-corrected chi connectivity index (χ2v) is 18.5. The fourth-order valence-corrected chi connectivity index (χ4v) is 12.9. The summed E-state index contributed by atoms with van der Waals surface area (Å²) in [5, 5.41) is 10.2. The van der Waals surface area contributed by atoms with Gasteiger partial charge in [0, 0.05) is 36.6 Å². The lowest BCUT2D eigenvalue weighted by molar-refractivity contribution is 0.769. The van der Waals surface area contributed by atoms with Gasteiger partial charge in [0.2, 0.25) is 0 Å². The molecule has 1 aliphatic carbocycles. The maximum Gasteiger partial charge on any atom is 0.0713 e. The Kier molecular flexibility index (Phi) is 7.84. The molecule has 65 heavy (non-hydrogen) atoms. The molecule has 0 fully saturated rings. The van der Waals surface area contributed by atoms with E-state index in [4.69, 9.17) is 0 Å². The van der Waals surface area contributed by atoms with Crippen LogP contribution in [-0.2, 0) is 5.41 Å². The SMILES string of the molecule is c1ccc(-n2c3ccccc3c3c4sc5ccc(-c6c7ccccc7c(-c7cccc(C8(c9ccccc9)c9ccccc9-c9ccccc98)c7)c7ccccc67)cc5c4ccc32)cc1. The van der Waals surface area contributed by atoms with Crippen molar-refractivity contribution in [2.75, 3.05) is 0 Å². The van der Waals surface area contributed by atoms with Crippen molar-refractivity contribution in [2.24, 2.45) is 0 Å². The first-order valence-corrected chi connectivity index (χ1v) is 23.3. The summed E-state index contributed by atoms with van der Waals surface area (Å²) in [4.78, 5) is 0. The van der Waals surface area contributed by atoms with Crippen LogP contribution in [0.3, 0.4) is 0 Å². The number of rotatable bonds is 5. The van der Waals surface area contributed by atoms with Crippen LogP contribution in [0, 0.1) is 0 Å². The molecule has 2 heterocycles. The number of para-hydroxylation sites is 2. The zero-order valence-corrected chi connectivity index (χ0v) is 36.2. The Balaban J connectivity index is 0.993. The highest BCUT2D eigenvalue weighted by molar-refractivity contribution is 7.26. The molecule has 0 unspecified atom stereocenters. The monoisotopic (exact) mass is 841 g/mol. The second kappa shape index (κ2) is 14.0. The summed E-state index contributed by atoms with van der Waals surface area (Å²) in [5.74, 6) is 0. The lowest BCUT2D eigenvalue weighted by atomic mass is 9.67. The van der Waals surface area contributed by atoms with Gasteiger partial charge in [-0.3, -0.25) is 0 Å². The molecule has 1 nitrogen and oxygen atoms in total. The molecule has 0 bridgehead atoms. The zero-order valence-electron chi connectivity index (χ0n) is 35.4. The van der Waals surface area contributed by atoms with Crippen LogP contribution in [0.4, 0.5) is 0 Å². The van der Waals surface area contributed by atoms with Crippen LogP contribution in [0.15, 0.2) is 237 Å². The standard InChI is InChI=1S/C63H39NS/c1-3-19-42(20-4-1)63(54-31-14-11-24-45(54)46-25-12-15-32-55(46)63)43-21-17-18-40(38-43)59-47-26-7-9-28-49(47)60(50-29-10-8-27-48(50)59)41-34-37-58-53(39-41)51-35-36-57-61(62(51)65-58)52-30-13-16-33-56(52)64(57)44-22-5-2-6-23-44/h1-39H. The average molecular weight is 842 g/mol. The van der Waals surface area contributed by atoms with Gasteiger partial charge < -0.3 is 4.57 Å². The minimum Gasteiger partial charge on any atom is -0.309 e. The second-order valence-electron chi connectivity index (χ2n) is 17.5. The topological polar surface area (TPSA) is 4.93 Å². The number of thiophene rings is 1. The summed E-state index contributed by atoms with van der Waals surface area (Å²) in [5.41, 5.74) is 16.0. The number of hydrogen-bond donors (Lipinski definition) is 0. The van der Waals surface area contributed by atoms with Gasteiger partial charge in [-0.1, -0.05) is 194 Å². The van der Waals surface area contributed by atoms with Crippen molar-refractivity contribution in [3.05, 3.63) is 259 Å². The van der Waals surface area contributed by atoms with Crippen LogP contribution in [0.5, 0.6) is 0 Å². The van der Waals surface area contributed by atoms with Gasteiger partial charge in [0.05, 0.1) is 16.4 Å². The molecule has 0 spiro atoms. The van der Waals surface area contributed by atoms with Crippen LogP contribution >= 0.6 is 11.3 Å². The van der Waals surface area contributed by atoms with E-state index in [0.717, 1.165) is 0 Å². The zero-order chi connectivity index (χ0) is 42.6. The summed E-state index contributed by atoms with van der Waals surface area (Å²) in [7, 11) is 0. The van der Waals surface area contributed by atoms with Crippen LogP contribution in [-0.4, -0.2) is 4.57 Å². The van der Waals surface area contributed by atoms with Crippen molar-refractivity contribution in [3.8, 4) is 39.1 Å². The third-order valence-electron chi connectivity index (χ3n) is 14.3. The highest BCUT2D eigenvalue weighted by Crippen LogP contribution is 2.57. The van der Waals surface area contributed by atoms with Gasteiger partial charge in [-0.25, -0.2) is 0 Å². The summed E-state index contributed by atoms with van der Waals surface area (Å²) in [6.45, 7) is 0. The molecule has 11 aromatic carbocycles. The Morgan fingerprint density at radius 3 is 1.54 bits per heavy atom. The van der Waals surface area contributed by atoms with E-state index < -0.39 is 5.41 Å². The molecular weight excluding hydrogens is 803 g/mol. The van der Waals surface area contributed by atoms with Gasteiger partial charge in [0.1, 0.15) is 0 Å². The first-order chi connectivity index (χ1) is 32.3. The molecule has 1 aliphatic rings. The minimum absolute atomic E-state index is 0.475. The third-order valence-corrected chi connectivity index (χ3v) is 15.5. The van der Waals surface area contributed by atoms with E-state index in [9.17, 15) is 0 Å². The number of fused-ring (bicyclic) bond motifs is 12. The van der Waals surface area contributed by atoms with E-state index in [1.165, 1.54) is 125 Å². The third kappa shape index (κ3) is 5.09. The van der Waals surface area contributed by atoms with Crippen molar-refractivity contribution >= 4 is 74.9 Å². The predicted octanol–water partition coefficient (Wildman–Crippen LogP) is 17.2. The quantitative estimate of drug-likeness (QED) is 0.152. The molecule has 0 aliphatic heterocycles. The van der Waals surface area contributed by atoms with Crippen LogP contribution in [0.25, 0.3) is 103 Å². The molecule has 13 aromatic rings. The van der Waals surface area contributed by atoms with Crippen molar-refractivity contribution in [3.63, 3.8) is 0 Å². The Hall–Kier alpha value is -8.04. The van der Waals surface area contributed by atoms with Gasteiger partial charge in [-0.15, -0.1) is 11.3 Å². The van der Waals surface area contributed by atoms with Gasteiger partial charge in [-0.2, -0.15) is 0 Å². The minimum atomic E-state index is -0.475. The fourth-order valence-electron chi connectivity index (χ4n) is 11.7. The number of nitrogens with zero attached hydrogens (tertiary/aromatic N) is 1. The molecule has 302 valence electrons. The Bertz CT molecular complexity index is 3960. The molecule has 0 amide bonds. The number of aromatic nitrogens is 1. The smallest absolute Gasteiger partial charge is 0.0713 e. The summed E-state index contributed by atoms with van der Waals surface area (Å²) < 4.78 is 5.06. The molecule has 0 saturated heterocycles. The van der Waals surface area contributed by atoms with Crippen LogP contribution in [0.2, 0.25) is 0 Å². The van der Waals surface area contributed by atoms with Crippen molar-refractivity contribution in [1.82, 2.24) is 4.57 Å². The molecule has 0 atom stereocenters. The molecule has 0 radical (unpaired) electrons. The normalized spacial score (nSPS) is 13.0. The van der Waals surface area contributed by atoms with E-state index in [1.807, 2.05) is 11.3 Å². The molecule has 0 saturated carbocycles. The van der Waals surface area contributed by atoms with E-state index in [2.05, 4.69) is 241 Å². The summed E-state index contributed by atoms with van der Waals surface area (Å²) in [6.07, 6.45) is 0. The van der Waals surface area contributed by atoms with Gasteiger partial charge in [0.15, 0.2) is 0 Å². The van der Waals surface area contributed by atoms with E-state index in [1.54, 1.807) is 0 Å². The molecule has 14 rings (SSSR count). The fraction of sp³-hybridized carbons (Fsp3) is 0.0159. The number of benzene rings is 11. The van der Waals surface area contributed by atoms with Crippen molar-refractivity contribution in [2.45, 2.75) is 5.41 Å². The van der Waals surface area contributed by atoms with Crippen LogP contribution in [0.1, 0.15) is 22.3 Å². The summed E-state index contributed by atoms with van der Waals surface area (Å²) >= 11 is 1.91. The Morgan fingerprint density at radius 2 is 0.877 bits per heavy atom. The lowest BCUT2D eigenvalue weighted by Crippen LogP contribution is -2.28. The maximum atomic E-state index is 2.48. The van der Waals surface area contributed by atoms with Gasteiger partial charge in [-0.05, 0) is 120 Å². The molecule has 0 N–H and O–H groups in total. The first-order valence-electron chi connectivity index (χ1n) is 22.5. The molecular formula is C63H39NS. The maximum absolute atomic E-state index is 2.48. The van der Waals surface area contributed by atoms with Crippen molar-refractivity contribution < 1.29 is 0 Å². The van der Waals surface area contributed by atoms with Crippen LogP contribution < -0.4 is 0 Å². The van der Waals surface area contributed by atoms with E-state index in [-0.39, 0.29) is 0 Å². The number of hydrogen-bond acceptors (Lipinski definition) is 1.